The van der Waals surface area contributed by atoms with Crippen molar-refractivity contribution in [2.75, 3.05) is 24.3 Å². The van der Waals surface area contributed by atoms with E-state index in [4.69, 9.17) is 0 Å². The normalized spacial score (nSPS) is 10.9. The summed E-state index contributed by atoms with van der Waals surface area (Å²) in [4.78, 5) is 6.74. The van der Waals surface area contributed by atoms with Crippen LogP contribution in [0.3, 0.4) is 0 Å². The average molecular weight is 362 g/mol. The van der Waals surface area contributed by atoms with Gasteiger partial charge in [-0.1, -0.05) is 33.3 Å². The quantitative estimate of drug-likeness (QED) is 0.696. The zero-order chi connectivity index (χ0) is 15.0. The molecule has 1 aromatic heterocycles. The Morgan fingerprint density at radius 1 is 1.14 bits per heavy atom. The number of benzene rings is 2. The fourth-order valence-corrected chi connectivity index (χ4v) is 3.68. The monoisotopic (exact) mass is 361 g/mol. The molecule has 0 spiro atoms. The van der Waals surface area contributed by atoms with Crippen LogP contribution < -0.4 is 10.2 Å². The van der Waals surface area contributed by atoms with Crippen molar-refractivity contribution in [3.63, 3.8) is 0 Å². The summed E-state index contributed by atoms with van der Waals surface area (Å²) in [6.07, 6.45) is 0. The fraction of sp³-hybridized carbons (Fsp3) is 0.188. The van der Waals surface area contributed by atoms with Crippen molar-refractivity contribution < 1.29 is 0 Å². The summed E-state index contributed by atoms with van der Waals surface area (Å²) >= 11 is 5.15. The number of halogens is 1. The van der Waals surface area contributed by atoms with Crippen molar-refractivity contribution in [2.45, 2.75) is 6.92 Å². The smallest absolute Gasteiger partial charge is 0.188 e. The number of fused-ring (bicyclic) bond motifs is 1. The average Bonchev–Trinajstić information content (AvgIpc) is 2.82. The van der Waals surface area contributed by atoms with Crippen LogP contribution in [0.25, 0.3) is 10.2 Å². The van der Waals surface area contributed by atoms with Crippen molar-refractivity contribution in [1.29, 1.82) is 0 Å². The van der Waals surface area contributed by atoms with E-state index < -0.39 is 0 Å². The van der Waals surface area contributed by atoms with Crippen molar-refractivity contribution in [1.82, 2.24) is 4.98 Å². The molecular weight excluding hydrogens is 346 g/mol. The third-order valence-corrected chi connectivity index (χ3v) is 4.72. The van der Waals surface area contributed by atoms with Crippen LogP contribution in [-0.2, 0) is 0 Å². The molecule has 0 fully saturated rings. The number of thiazole rings is 1. The Hall–Kier alpha value is -1.59. The molecule has 0 aliphatic rings. The van der Waals surface area contributed by atoms with Crippen LogP contribution in [0.2, 0.25) is 0 Å². The van der Waals surface area contributed by atoms with Crippen LogP contribution in [-0.4, -0.2) is 19.1 Å². The minimum atomic E-state index is 0.914. The highest BCUT2D eigenvalue weighted by atomic mass is 79.9. The lowest BCUT2D eigenvalue weighted by Gasteiger charge is -2.16. The van der Waals surface area contributed by atoms with Crippen LogP contribution in [0.1, 0.15) is 5.56 Å². The number of aromatic nitrogens is 1. The Morgan fingerprint density at radius 2 is 1.95 bits per heavy atom. The lowest BCUT2D eigenvalue weighted by Crippen LogP contribution is -2.10. The van der Waals surface area contributed by atoms with Crippen molar-refractivity contribution in [3.8, 4) is 0 Å². The van der Waals surface area contributed by atoms with E-state index in [0.29, 0.717) is 0 Å². The molecule has 0 atom stereocenters. The predicted octanol–water partition coefficient (Wildman–Crippen LogP) is 5.18. The summed E-state index contributed by atoms with van der Waals surface area (Å²) in [5.74, 6) is 0. The third kappa shape index (κ3) is 3.04. The molecule has 0 aliphatic heterocycles. The fourth-order valence-electron chi connectivity index (χ4n) is 2.24. The first-order valence-electron chi connectivity index (χ1n) is 6.64. The standard InChI is InChI=1S/C16H16BrN3S/c1-10-4-6-12(9-14(10)20(2)3)18-16-19-13-7-5-11(17)8-15(13)21-16/h4-9H,1-3H3,(H,18,19). The van der Waals surface area contributed by atoms with Gasteiger partial charge in [0.15, 0.2) is 5.13 Å². The van der Waals surface area contributed by atoms with Gasteiger partial charge in [0.1, 0.15) is 0 Å². The van der Waals surface area contributed by atoms with E-state index in [1.165, 1.54) is 16.0 Å². The summed E-state index contributed by atoms with van der Waals surface area (Å²) in [6, 6.07) is 12.5. The van der Waals surface area contributed by atoms with Crippen molar-refractivity contribution in [3.05, 3.63) is 46.4 Å². The topological polar surface area (TPSA) is 28.2 Å². The third-order valence-electron chi connectivity index (χ3n) is 3.29. The first-order valence-corrected chi connectivity index (χ1v) is 8.25. The highest BCUT2D eigenvalue weighted by Gasteiger charge is 2.07. The lowest BCUT2D eigenvalue weighted by atomic mass is 10.1. The lowest BCUT2D eigenvalue weighted by molar-refractivity contribution is 1.11. The Kier molecular flexibility index (Phi) is 3.87. The van der Waals surface area contributed by atoms with Gasteiger partial charge in [0.25, 0.3) is 0 Å². The highest BCUT2D eigenvalue weighted by Crippen LogP contribution is 2.31. The number of hydrogen-bond acceptors (Lipinski definition) is 4. The summed E-state index contributed by atoms with van der Waals surface area (Å²) in [5.41, 5.74) is 4.55. The van der Waals surface area contributed by atoms with Gasteiger partial charge < -0.3 is 10.2 Å². The number of rotatable bonds is 3. The largest absolute Gasteiger partial charge is 0.377 e. The molecule has 1 N–H and O–H groups in total. The van der Waals surface area contributed by atoms with Crippen molar-refractivity contribution in [2.24, 2.45) is 0 Å². The molecule has 0 amide bonds. The molecule has 2 aromatic carbocycles. The van der Waals surface area contributed by atoms with Gasteiger partial charge in [0, 0.05) is 29.9 Å². The molecule has 3 nitrogen and oxygen atoms in total. The molecule has 3 rings (SSSR count). The van der Waals surface area contributed by atoms with Crippen LogP contribution >= 0.6 is 27.3 Å². The maximum atomic E-state index is 4.62. The molecule has 1 heterocycles. The molecule has 108 valence electrons. The van der Waals surface area contributed by atoms with Gasteiger partial charge >= 0.3 is 0 Å². The van der Waals surface area contributed by atoms with Crippen LogP contribution in [0.5, 0.6) is 0 Å². The van der Waals surface area contributed by atoms with E-state index >= 15 is 0 Å². The van der Waals surface area contributed by atoms with E-state index in [0.717, 1.165) is 20.8 Å². The molecule has 0 bridgehead atoms. The zero-order valence-corrected chi connectivity index (χ0v) is 14.5. The Bertz CT molecular complexity index is 795. The van der Waals surface area contributed by atoms with E-state index in [1.807, 2.05) is 12.1 Å². The summed E-state index contributed by atoms with van der Waals surface area (Å²) in [5, 5.41) is 4.31. The Labute approximate surface area is 136 Å². The van der Waals surface area contributed by atoms with E-state index in [9.17, 15) is 0 Å². The molecular formula is C16H16BrN3S. The summed E-state index contributed by atoms with van der Waals surface area (Å²) in [6.45, 7) is 2.12. The van der Waals surface area contributed by atoms with Crippen LogP contribution in [0.15, 0.2) is 40.9 Å². The second kappa shape index (κ2) is 5.66. The minimum absolute atomic E-state index is 0.914. The molecule has 0 radical (unpaired) electrons. The minimum Gasteiger partial charge on any atom is -0.377 e. The van der Waals surface area contributed by atoms with E-state index in [2.05, 4.69) is 76.4 Å². The second-order valence-corrected chi connectivity index (χ2v) is 7.10. The number of aryl methyl sites for hydroxylation is 1. The number of nitrogens with zero attached hydrogens (tertiary/aromatic N) is 2. The van der Waals surface area contributed by atoms with Crippen LogP contribution in [0, 0.1) is 6.92 Å². The van der Waals surface area contributed by atoms with Gasteiger partial charge in [-0.25, -0.2) is 4.98 Å². The van der Waals surface area contributed by atoms with E-state index in [-0.39, 0.29) is 0 Å². The Balaban J connectivity index is 1.93. The summed E-state index contributed by atoms with van der Waals surface area (Å²) < 4.78 is 2.25. The number of hydrogen-bond donors (Lipinski definition) is 1. The van der Waals surface area contributed by atoms with E-state index in [1.54, 1.807) is 11.3 Å². The van der Waals surface area contributed by atoms with Gasteiger partial charge in [-0.05, 0) is 42.8 Å². The number of anilines is 3. The van der Waals surface area contributed by atoms with Gasteiger partial charge in [-0.2, -0.15) is 0 Å². The van der Waals surface area contributed by atoms with Gasteiger partial charge in [-0.3, -0.25) is 0 Å². The molecule has 0 saturated heterocycles. The first kappa shape index (κ1) is 14.4. The Morgan fingerprint density at radius 3 is 2.71 bits per heavy atom. The SMILES string of the molecule is Cc1ccc(Nc2nc3ccc(Br)cc3s2)cc1N(C)C. The predicted molar refractivity (Wildman–Crippen MR) is 96.1 cm³/mol. The first-order chi connectivity index (χ1) is 10.0. The molecule has 5 heteroatoms. The highest BCUT2D eigenvalue weighted by molar-refractivity contribution is 9.10. The molecule has 0 unspecified atom stereocenters. The molecule has 21 heavy (non-hydrogen) atoms. The summed E-state index contributed by atoms with van der Waals surface area (Å²) in [7, 11) is 4.11. The van der Waals surface area contributed by atoms with Gasteiger partial charge in [-0.15, -0.1) is 0 Å². The van der Waals surface area contributed by atoms with Gasteiger partial charge in [0.05, 0.1) is 10.2 Å². The zero-order valence-electron chi connectivity index (χ0n) is 12.1. The second-order valence-electron chi connectivity index (χ2n) is 5.15. The molecule has 0 saturated carbocycles. The maximum absolute atomic E-state index is 4.62. The van der Waals surface area contributed by atoms with Crippen LogP contribution in [0.4, 0.5) is 16.5 Å². The van der Waals surface area contributed by atoms with Crippen molar-refractivity contribution >= 4 is 54.0 Å². The molecule has 0 aliphatic carbocycles. The van der Waals surface area contributed by atoms with Gasteiger partial charge in [0.2, 0.25) is 0 Å². The maximum Gasteiger partial charge on any atom is 0.188 e. The number of nitrogens with one attached hydrogen (secondary N) is 1. The molecule has 3 aromatic rings.